The van der Waals surface area contributed by atoms with Crippen molar-refractivity contribution < 1.29 is 8.42 Å². The number of piperidine rings is 1. The largest absolute Gasteiger partial charge is 0.384 e. The molecular formula is C14H21ClN2O2S. The van der Waals surface area contributed by atoms with E-state index in [0.717, 1.165) is 30.6 Å². The Labute approximate surface area is 126 Å². The van der Waals surface area contributed by atoms with Crippen molar-refractivity contribution >= 4 is 27.3 Å². The van der Waals surface area contributed by atoms with E-state index in [2.05, 4.69) is 5.32 Å². The number of hydrogen-bond donors (Lipinski definition) is 1. The fourth-order valence-corrected chi connectivity index (χ4v) is 3.73. The number of para-hydroxylation sites is 1. The zero-order valence-electron chi connectivity index (χ0n) is 11.7. The molecule has 0 aliphatic carbocycles. The standard InChI is InChI=1S/C14H21ClN2O2S/c1-20(18,19)17-8-4-5-12(11-17)10-16-14-7-3-2-6-13(14)9-15/h2-3,6-7,12,16H,4-5,8-11H2,1H3. The molecule has 1 N–H and O–H groups in total. The van der Waals surface area contributed by atoms with E-state index in [1.807, 2.05) is 24.3 Å². The van der Waals surface area contributed by atoms with Crippen LogP contribution in [0, 0.1) is 5.92 Å². The van der Waals surface area contributed by atoms with E-state index in [1.54, 1.807) is 4.31 Å². The van der Waals surface area contributed by atoms with E-state index in [-0.39, 0.29) is 0 Å². The molecule has 6 heteroatoms. The van der Waals surface area contributed by atoms with Crippen molar-refractivity contribution in [2.75, 3.05) is 31.2 Å². The molecule has 1 unspecified atom stereocenters. The highest BCUT2D eigenvalue weighted by Crippen LogP contribution is 2.21. The SMILES string of the molecule is CS(=O)(=O)N1CCCC(CNc2ccccc2CCl)C1. The zero-order valence-corrected chi connectivity index (χ0v) is 13.3. The fourth-order valence-electron chi connectivity index (χ4n) is 2.56. The van der Waals surface area contributed by atoms with Crippen molar-refractivity contribution in [2.45, 2.75) is 18.7 Å². The van der Waals surface area contributed by atoms with Crippen molar-refractivity contribution in [3.8, 4) is 0 Å². The van der Waals surface area contributed by atoms with Crippen LogP contribution in [-0.4, -0.2) is 38.6 Å². The van der Waals surface area contributed by atoms with Gasteiger partial charge >= 0.3 is 0 Å². The Hall–Kier alpha value is -0.780. The third-order valence-corrected chi connectivity index (χ3v) is 5.25. The van der Waals surface area contributed by atoms with Crippen LogP contribution in [0.25, 0.3) is 0 Å². The van der Waals surface area contributed by atoms with Crippen LogP contribution < -0.4 is 5.32 Å². The second-order valence-electron chi connectivity index (χ2n) is 5.30. The van der Waals surface area contributed by atoms with Crippen molar-refractivity contribution in [1.29, 1.82) is 0 Å². The maximum absolute atomic E-state index is 11.6. The van der Waals surface area contributed by atoms with E-state index in [1.165, 1.54) is 6.26 Å². The first kappa shape index (κ1) is 15.6. The van der Waals surface area contributed by atoms with Crippen LogP contribution in [0.3, 0.4) is 0 Å². The summed E-state index contributed by atoms with van der Waals surface area (Å²) in [6.07, 6.45) is 3.27. The molecule has 1 fully saturated rings. The Bertz CT molecular complexity index is 548. The minimum atomic E-state index is -3.07. The number of hydrogen-bond acceptors (Lipinski definition) is 3. The van der Waals surface area contributed by atoms with Crippen LogP contribution in [0.4, 0.5) is 5.69 Å². The van der Waals surface area contributed by atoms with Gasteiger partial charge in [0.05, 0.1) is 6.26 Å². The quantitative estimate of drug-likeness (QED) is 0.849. The molecule has 0 radical (unpaired) electrons. The summed E-state index contributed by atoms with van der Waals surface area (Å²) < 4.78 is 24.8. The van der Waals surface area contributed by atoms with Crippen molar-refractivity contribution in [3.05, 3.63) is 29.8 Å². The van der Waals surface area contributed by atoms with Crippen LogP contribution in [0.15, 0.2) is 24.3 Å². The van der Waals surface area contributed by atoms with Gasteiger partial charge < -0.3 is 5.32 Å². The molecule has 0 saturated carbocycles. The number of nitrogens with one attached hydrogen (secondary N) is 1. The van der Waals surface area contributed by atoms with Crippen LogP contribution in [0.1, 0.15) is 18.4 Å². The van der Waals surface area contributed by atoms with Crippen molar-refractivity contribution in [2.24, 2.45) is 5.92 Å². The molecule has 0 aromatic heterocycles. The Kier molecular flexibility index (Phi) is 5.29. The smallest absolute Gasteiger partial charge is 0.211 e. The van der Waals surface area contributed by atoms with Gasteiger partial charge in [-0.3, -0.25) is 0 Å². The second-order valence-corrected chi connectivity index (χ2v) is 7.55. The van der Waals surface area contributed by atoms with Gasteiger partial charge in [0.25, 0.3) is 0 Å². The lowest BCUT2D eigenvalue weighted by Crippen LogP contribution is -2.41. The molecule has 0 amide bonds. The molecule has 0 spiro atoms. The molecule has 1 aliphatic rings. The van der Waals surface area contributed by atoms with Crippen molar-refractivity contribution in [3.63, 3.8) is 0 Å². The van der Waals surface area contributed by atoms with E-state index in [0.29, 0.717) is 24.9 Å². The minimum Gasteiger partial charge on any atom is -0.384 e. The van der Waals surface area contributed by atoms with Gasteiger partial charge in [0.15, 0.2) is 0 Å². The summed E-state index contributed by atoms with van der Waals surface area (Å²) in [6.45, 7) is 2.03. The Morgan fingerprint density at radius 3 is 2.85 bits per heavy atom. The predicted molar refractivity (Wildman–Crippen MR) is 83.6 cm³/mol. The van der Waals surface area contributed by atoms with Gasteiger partial charge in [0, 0.05) is 31.2 Å². The molecule has 1 aromatic carbocycles. The van der Waals surface area contributed by atoms with Gasteiger partial charge in [-0.05, 0) is 30.4 Å². The number of alkyl halides is 1. The molecule has 20 heavy (non-hydrogen) atoms. The monoisotopic (exact) mass is 316 g/mol. The molecule has 1 heterocycles. The summed E-state index contributed by atoms with van der Waals surface area (Å²) in [5.41, 5.74) is 2.11. The summed E-state index contributed by atoms with van der Waals surface area (Å²) in [5.74, 6) is 0.824. The van der Waals surface area contributed by atoms with Crippen LogP contribution >= 0.6 is 11.6 Å². The molecular weight excluding hydrogens is 296 g/mol. The van der Waals surface area contributed by atoms with Crippen LogP contribution in [-0.2, 0) is 15.9 Å². The van der Waals surface area contributed by atoms with E-state index in [4.69, 9.17) is 11.6 Å². The molecule has 1 aliphatic heterocycles. The summed E-state index contributed by atoms with van der Waals surface area (Å²) in [7, 11) is -3.07. The summed E-state index contributed by atoms with van der Waals surface area (Å²) in [5, 5.41) is 3.40. The topological polar surface area (TPSA) is 49.4 Å². The normalized spacial score (nSPS) is 20.8. The number of nitrogens with zero attached hydrogens (tertiary/aromatic N) is 1. The van der Waals surface area contributed by atoms with Crippen LogP contribution in [0.5, 0.6) is 0 Å². The molecule has 1 aromatic rings. The first-order valence-electron chi connectivity index (χ1n) is 6.83. The summed E-state index contributed by atoms with van der Waals surface area (Å²) in [6, 6.07) is 7.95. The zero-order chi connectivity index (χ0) is 14.6. The fraction of sp³-hybridized carbons (Fsp3) is 0.571. The third kappa shape index (κ3) is 4.11. The minimum absolute atomic E-state index is 0.349. The average Bonchev–Trinajstić information content (AvgIpc) is 2.45. The van der Waals surface area contributed by atoms with Crippen molar-refractivity contribution in [1.82, 2.24) is 4.31 Å². The molecule has 112 valence electrons. The first-order valence-corrected chi connectivity index (χ1v) is 9.22. The lowest BCUT2D eigenvalue weighted by Gasteiger charge is -2.31. The maximum atomic E-state index is 11.6. The molecule has 4 nitrogen and oxygen atoms in total. The Morgan fingerprint density at radius 1 is 1.40 bits per heavy atom. The van der Waals surface area contributed by atoms with Gasteiger partial charge in [-0.15, -0.1) is 11.6 Å². The van der Waals surface area contributed by atoms with Crippen LogP contribution in [0.2, 0.25) is 0 Å². The highest BCUT2D eigenvalue weighted by Gasteiger charge is 2.25. The summed E-state index contributed by atoms with van der Waals surface area (Å²) in [4.78, 5) is 0. The highest BCUT2D eigenvalue weighted by atomic mass is 35.5. The summed E-state index contributed by atoms with van der Waals surface area (Å²) >= 11 is 5.91. The molecule has 0 bridgehead atoms. The highest BCUT2D eigenvalue weighted by molar-refractivity contribution is 7.88. The third-order valence-electron chi connectivity index (χ3n) is 3.69. The van der Waals surface area contributed by atoms with Gasteiger partial charge in [-0.2, -0.15) is 0 Å². The first-order chi connectivity index (χ1) is 9.50. The Morgan fingerprint density at radius 2 is 2.15 bits per heavy atom. The number of rotatable bonds is 5. The van der Waals surface area contributed by atoms with E-state index in [9.17, 15) is 8.42 Å². The Balaban J connectivity index is 1.94. The van der Waals surface area contributed by atoms with Gasteiger partial charge in [0.1, 0.15) is 0 Å². The number of benzene rings is 1. The predicted octanol–water partition coefficient (Wildman–Crippen LogP) is 2.51. The number of sulfonamides is 1. The molecule has 2 rings (SSSR count). The van der Waals surface area contributed by atoms with Gasteiger partial charge in [-0.1, -0.05) is 18.2 Å². The number of halogens is 1. The van der Waals surface area contributed by atoms with Gasteiger partial charge in [-0.25, -0.2) is 12.7 Å². The molecule has 1 atom stereocenters. The lowest BCUT2D eigenvalue weighted by atomic mass is 9.99. The maximum Gasteiger partial charge on any atom is 0.211 e. The van der Waals surface area contributed by atoms with E-state index < -0.39 is 10.0 Å². The second kappa shape index (κ2) is 6.78. The average molecular weight is 317 g/mol. The van der Waals surface area contributed by atoms with E-state index >= 15 is 0 Å². The van der Waals surface area contributed by atoms with Gasteiger partial charge in [0.2, 0.25) is 10.0 Å². The molecule has 1 saturated heterocycles. The lowest BCUT2D eigenvalue weighted by molar-refractivity contribution is 0.277. The number of anilines is 1.